The molecule has 0 saturated carbocycles. The van der Waals surface area contributed by atoms with Crippen LogP contribution in [0.2, 0.25) is 0 Å². The van der Waals surface area contributed by atoms with Gasteiger partial charge in [-0.05, 0) is 78.6 Å². The van der Waals surface area contributed by atoms with Crippen LogP contribution in [-0.2, 0) is 0 Å². The molecule has 0 radical (unpaired) electrons. The number of aliphatic imine (C=N–C) groups is 1. The Bertz CT molecular complexity index is 1070. The van der Waals surface area contributed by atoms with Gasteiger partial charge in [-0.25, -0.2) is 0 Å². The van der Waals surface area contributed by atoms with E-state index in [-0.39, 0.29) is 24.8 Å². The fourth-order valence-electron chi connectivity index (χ4n) is 3.43. The second-order valence-electron chi connectivity index (χ2n) is 6.93. The quantitative estimate of drug-likeness (QED) is 0.416. The molecule has 1 aliphatic heterocycles. The summed E-state index contributed by atoms with van der Waals surface area (Å²) in [5.74, 6) is 2.85. The highest BCUT2D eigenvalue weighted by atomic mass is 35.5. The highest BCUT2D eigenvalue weighted by Gasteiger charge is 2.15. The van der Waals surface area contributed by atoms with Crippen LogP contribution in [-0.4, -0.2) is 31.5 Å². The van der Waals surface area contributed by atoms with Gasteiger partial charge in [0.15, 0.2) is 11.5 Å². The van der Waals surface area contributed by atoms with E-state index in [1.54, 1.807) is 20.4 Å². The van der Waals surface area contributed by atoms with Gasteiger partial charge in [-0.3, -0.25) is 9.98 Å². The lowest BCUT2D eigenvalue weighted by Gasteiger charge is -2.17. The van der Waals surface area contributed by atoms with Crippen LogP contribution in [0.1, 0.15) is 24.0 Å². The maximum absolute atomic E-state index is 6.00. The predicted molar refractivity (Wildman–Crippen MR) is 133 cm³/mol. The van der Waals surface area contributed by atoms with Gasteiger partial charge < -0.3 is 14.2 Å². The highest BCUT2D eigenvalue weighted by Crippen LogP contribution is 2.34. The van der Waals surface area contributed by atoms with Gasteiger partial charge in [-0.15, -0.1) is 24.8 Å². The lowest BCUT2D eigenvalue weighted by atomic mass is 9.95. The van der Waals surface area contributed by atoms with E-state index < -0.39 is 0 Å². The number of ether oxygens (including phenoxy) is 3. The molecule has 0 bridgehead atoms. The Balaban J connectivity index is 0.00000181. The van der Waals surface area contributed by atoms with E-state index in [1.807, 2.05) is 54.7 Å². The molecule has 0 aliphatic carbocycles. The van der Waals surface area contributed by atoms with Crippen LogP contribution in [0.25, 0.3) is 6.08 Å². The predicted octanol–water partition coefficient (Wildman–Crippen LogP) is 6.40. The largest absolute Gasteiger partial charge is 0.497 e. The number of halogens is 2. The van der Waals surface area contributed by atoms with Crippen molar-refractivity contribution in [1.82, 2.24) is 4.98 Å². The molecule has 0 fully saturated rings. The third-order valence-electron chi connectivity index (χ3n) is 4.93. The summed E-state index contributed by atoms with van der Waals surface area (Å²) < 4.78 is 16.8. The molecule has 4 rings (SSSR count). The van der Waals surface area contributed by atoms with Crippen molar-refractivity contribution >= 4 is 36.6 Å². The zero-order valence-electron chi connectivity index (χ0n) is 18.0. The van der Waals surface area contributed by atoms with Crippen molar-refractivity contribution < 1.29 is 14.2 Å². The van der Waals surface area contributed by atoms with Gasteiger partial charge in [0.2, 0.25) is 0 Å². The molecule has 0 saturated heterocycles. The second kappa shape index (κ2) is 12.1. The third-order valence-corrected chi connectivity index (χ3v) is 4.93. The fourth-order valence-corrected chi connectivity index (χ4v) is 3.43. The molecule has 1 aliphatic rings. The summed E-state index contributed by atoms with van der Waals surface area (Å²) in [7, 11) is 3.29. The first kappa shape index (κ1) is 25.2. The Kier molecular flexibility index (Phi) is 9.57. The van der Waals surface area contributed by atoms with E-state index in [0.717, 1.165) is 47.7 Å². The van der Waals surface area contributed by atoms with Crippen LogP contribution in [0.4, 0.5) is 0 Å². The zero-order valence-corrected chi connectivity index (χ0v) is 19.6. The van der Waals surface area contributed by atoms with Crippen molar-refractivity contribution in [3.63, 3.8) is 0 Å². The number of hydrogen-bond donors (Lipinski definition) is 0. The average molecular weight is 473 g/mol. The van der Waals surface area contributed by atoms with Crippen molar-refractivity contribution in [3.05, 3.63) is 83.7 Å². The van der Waals surface area contributed by atoms with Crippen molar-refractivity contribution in [2.75, 3.05) is 20.8 Å². The second-order valence-corrected chi connectivity index (χ2v) is 6.93. The van der Waals surface area contributed by atoms with Gasteiger partial charge in [0.05, 0.1) is 19.9 Å². The van der Waals surface area contributed by atoms with Gasteiger partial charge in [0, 0.05) is 24.5 Å². The van der Waals surface area contributed by atoms with Gasteiger partial charge in [-0.2, -0.15) is 0 Å². The van der Waals surface area contributed by atoms with Crippen LogP contribution in [0.5, 0.6) is 23.0 Å². The van der Waals surface area contributed by atoms with E-state index in [1.165, 1.54) is 5.57 Å². The minimum atomic E-state index is 0. The summed E-state index contributed by atoms with van der Waals surface area (Å²) in [6.07, 6.45) is 7.85. The molecule has 0 unspecified atom stereocenters. The van der Waals surface area contributed by atoms with E-state index in [0.29, 0.717) is 11.5 Å². The monoisotopic (exact) mass is 472 g/mol. The smallest absolute Gasteiger partial charge is 0.169 e. The molecule has 2 aromatic carbocycles. The SMILES string of the molecule is COc1ccc(Oc2ccc(C=C3CCCN=C3c3cccnc3)cc2OC)cc1.Cl.Cl. The number of aromatic nitrogens is 1. The number of hydrogen-bond acceptors (Lipinski definition) is 5. The van der Waals surface area contributed by atoms with Crippen molar-refractivity contribution in [3.8, 4) is 23.0 Å². The number of pyridine rings is 1. The number of nitrogens with zero attached hydrogens (tertiary/aromatic N) is 2. The molecule has 0 amide bonds. The van der Waals surface area contributed by atoms with E-state index >= 15 is 0 Å². The van der Waals surface area contributed by atoms with Crippen molar-refractivity contribution in [1.29, 1.82) is 0 Å². The number of allylic oxidation sites excluding steroid dienone is 1. The van der Waals surface area contributed by atoms with Crippen LogP contribution < -0.4 is 14.2 Å². The Hall–Kier alpha value is -3.02. The molecule has 0 N–H and O–H groups in total. The lowest BCUT2D eigenvalue weighted by Crippen LogP contribution is -2.11. The number of rotatable bonds is 6. The minimum Gasteiger partial charge on any atom is -0.497 e. The van der Waals surface area contributed by atoms with E-state index in [4.69, 9.17) is 19.2 Å². The molecule has 32 heavy (non-hydrogen) atoms. The van der Waals surface area contributed by atoms with Gasteiger partial charge in [-0.1, -0.05) is 6.07 Å². The summed E-state index contributed by atoms with van der Waals surface area (Å²) in [4.78, 5) is 8.99. The Morgan fingerprint density at radius 2 is 1.66 bits per heavy atom. The summed E-state index contributed by atoms with van der Waals surface area (Å²) in [6.45, 7) is 0.847. The maximum Gasteiger partial charge on any atom is 0.169 e. The topological polar surface area (TPSA) is 52.9 Å². The van der Waals surface area contributed by atoms with Crippen molar-refractivity contribution in [2.24, 2.45) is 4.99 Å². The maximum atomic E-state index is 6.00. The summed E-state index contributed by atoms with van der Waals surface area (Å²) >= 11 is 0. The van der Waals surface area contributed by atoms with Gasteiger partial charge in [0.1, 0.15) is 11.5 Å². The molecule has 7 heteroatoms. The molecular weight excluding hydrogens is 447 g/mol. The van der Waals surface area contributed by atoms with Crippen LogP contribution in [0.3, 0.4) is 0 Å². The summed E-state index contributed by atoms with van der Waals surface area (Å²) in [5.41, 5.74) is 4.32. The molecule has 168 valence electrons. The first-order valence-corrected chi connectivity index (χ1v) is 9.92. The molecular formula is C25H26Cl2N2O3. The molecule has 2 heterocycles. The standard InChI is InChI=1S/C25H24N2O3.2ClH/c1-28-21-8-10-22(11-9-21)30-23-12-7-18(16-24(23)29-2)15-19-5-4-14-27-25(19)20-6-3-13-26-17-20;;/h3,6-13,15-17H,4-5,14H2,1-2H3;2*1H. The van der Waals surface area contributed by atoms with Crippen molar-refractivity contribution in [2.45, 2.75) is 12.8 Å². The number of methoxy groups -OCH3 is 2. The lowest BCUT2D eigenvalue weighted by molar-refractivity contribution is 0.378. The van der Waals surface area contributed by atoms with Crippen LogP contribution in [0.15, 0.2) is 77.6 Å². The summed E-state index contributed by atoms with van der Waals surface area (Å²) in [5, 5.41) is 0. The first-order valence-electron chi connectivity index (χ1n) is 9.92. The Labute approximate surface area is 201 Å². The first-order chi connectivity index (χ1) is 14.8. The molecule has 5 nitrogen and oxygen atoms in total. The molecule has 1 aromatic heterocycles. The Morgan fingerprint density at radius 3 is 2.34 bits per heavy atom. The fraction of sp³-hybridized carbons (Fsp3) is 0.200. The molecule has 0 spiro atoms. The minimum absolute atomic E-state index is 0. The van der Waals surface area contributed by atoms with Crippen LogP contribution in [0, 0.1) is 0 Å². The Morgan fingerprint density at radius 1 is 0.875 bits per heavy atom. The normalized spacial score (nSPS) is 13.9. The van der Waals surface area contributed by atoms with E-state index in [9.17, 15) is 0 Å². The average Bonchev–Trinajstić information content (AvgIpc) is 2.81. The summed E-state index contributed by atoms with van der Waals surface area (Å²) in [6, 6.07) is 17.4. The third kappa shape index (κ3) is 6.02. The zero-order chi connectivity index (χ0) is 20.8. The molecule has 3 aromatic rings. The highest BCUT2D eigenvalue weighted by molar-refractivity contribution is 6.15. The van der Waals surface area contributed by atoms with Gasteiger partial charge in [0.25, 0.3) is 0 Å². The van der Waals surface area contributed by atoms with Gasteiger partial charge >= 0.3 is 0 Å². The van der Waals surface area contributed by atoms with Crippen LogP contribution >= 0.6 is 24.8 Å². The number of benzene rings is 2. The van der Waals surface area contributed by atoms with E-state index in [2.05, 4.69) is 17.1 Å². The molecule has 0 atom stereocenters.